The van der Waals surface area contributed by atoms with Crippen molar-refractivity contribution in [2.75, 3.05) is 24.7 Å². The Morgan fingerprint density at radius 2 is 2.09 bits per heavy atom. The van der Waals surface area contributed by atoms with Crippen molar-refractivity contribution in [2.45, 2.75) is 44.9 Å². The number of carbonyl (C=O) groups excluding carboxylic acids is 1. The lowest BCUT2D eigenvalue weighted by molar-refractivity contribution is 0.0445. The number of aryl methyl sites for hydroxylation is 1. The molecular formula is C23H27N3O4S2. The zero-order chi connectivity index (χ0) is 22.3. The van der Waals surface area contributed by atoms with E-state index in [1.807, 2.05) is 35.9 Å². The molecule has 0 bridgehead atoms. The van der Waals surface area contributed by atoms with Crippen molar-refractivity contribution in [1.82, 2.24) is 14.7 Å². The Balaban J connectivity index is 1.45. The van der Waals surface area contributed by atoms with Gasteiger partial charge >= 0.3 is 0 Å². The van der Waals surface area contributed by atoms with Gasteiger partial charge in [-0.1, -0.05) is 30.3 Å². The van der Waals surface area contributed by atoms with Gasteiger partial charge in [-0.05, 0) is 37.8 Å². The van der Waals surface area contributed by atoms with Crippen molar-refractivity contribution in [3.05, 3.63) is 52.5 Å². The third-order valence-corrected chi connectivity index (χ3v) is 9.21. The molecule has 0 aliphatic carbocycles. The summed E-state index contributed by atoms with van der Waals surface area (Å²) in [5.41, 5.74) is 2.04. The van der Waals surface area contributed by atoms with E-state index >= 15 is 0 Å². The van der Waals surface area contributed by atoms with Gasteiger partial charge in [-0.15, -0.1) is 11.3 Å². The number of thiophene rings is 1. The molecule has 1 aromatic carbocycles. The molecule has 2 fully saturated rings. The molecule has 3 aromatic rings. The number of aromatic nitrogens is 2. The predicted molar refractivity (Wildman–Crippen MR) is 125 cm³/mol. The number of amides is 1. The number of hydrogen-bond donors (Lipinski definition) is 0. The first kappa shape index (κ1) is 21.6. The van der Waals surface area contributed by atoms with Crippen molar-refractivity contribution < 1.29 is 17.9 Å². The molecule has 0 saturated carbocycles. The van der Waals surface area contributed by atoms with Crippen LogP contribution >= 0.6 is 11.3 Å². The van der Waals surface area contributed by atoms with Gasteiger partial charge in [0.1, 0.15) is 4.83 Å². The fourth-order valence-corrected chi connectivity index (χ4v) is 7.50. The number of sulfone groups is 1. The monoisotopic (exact) mass is 473 g/mol. The molecule has 0 N–H and O–H groups in total. The molecule has 4 heterocycles. The van der Waals surface area contributed by atoms with Gasteiger partial charge in [0.15, 0.2) is 9.84 Å². The van der Waals surface area contributed by atoms with Gasteiger partial charge < -0.3 is 9.64 Å². The molecule has 2 aromatic heterocycles. The van der Waals surface area contributed by atoms with E-state index in [1.165, 1.54) is 11.3 Å². The average molecular weight is 474 g/mol. The second-order valence-electron chi connectivity index (χ2n) is 8.71. The standard InChI is InChI=1S/C23H27N3O4S2/c1-16-20-12-21(31-23(20)26(24-16)13-17-6-3-2-4-7-17)22(27)25(14-19-8-5-10-30-19)18-9-11-32(28,29)15-18/h2-4,6-7,12,18-19H,5,8-11,13-15H2,1H3/t18-,19-/m0/s1. The van der Waals surface area contributed by atoms with Crippen LogP contribution in [-0.4, -0.2) is 65.8 Å². The molecule has 0 spiro atoms. The summed E-state index contributed by atoms with van der Waals surface area (Å²) in [6, 6.07) is 11.7. The Morgan fingerprint density at radius 1 is 1.28 bits per heavy atom. The lowest BCUT2D eigenvalue weighted by Crippen LogP contribution is -2.45. The second kappa shape index (κ2) is 8.61. The van der Waals surface area contributed by atoms with Crippen LogP contribution in [-0.2, 0) is 21.1 Å². The van der Waals surface area contributed by atoms with Crippen LogP contribution in [0, 0.1) is 6.92 Å². The zero-order valence-corrected chi connectivity index (χ0v) is 19.7. The maximum atomic E-state index is 13.6. The number of carbonyl (C=O) groups is 1. The first-order chi connectivity index (χ1) is 15.4. The largest absolute Gasteiger partial charge is 0.376 e. The minimum absolute atomic E-state index is 0.0214. The molecule has 0 radical (unpaired) electrons. The second-order valence-corrected chi connectivity index (χ2v) is 12.0. The van der Waals surface area contributed by atoms with E-state index in [0.717, 1.165) is 34.3 Å². The number of hydrogen-bond acceptors (Lipinski definition) is 6. The fourth-order valence-electron chi connectivity index (χ4n) is 4.65. The molecule has 2 atom stereocenters. The van der Waals surface area contributed by atoms with Crippen LogP contribution in [0.15, 0.2) is 36.4 Å². The van der Waals surface area contributed by atoms with Gasteiger partial charge in [-0.25, -0.2) is 8.42 Å². The lowest BCUT2D eigenvalue weighted by atomic mass is 10.1. The Morgan fingerprint density at radius 3 is 2.78 bits per heavy atom. The quantitative estimate of drug-likeness (QED) is 0.549. The van der Waals surface area contributed by atoms with Gasteiger partial charge in [-0.3, -0.25) is 9.48 Å². The van der Waals surface area contributed by atoms with E-state index < -0.39 is 9.84 Å². The summed E-state index contributed by atoms with van der Waals surface area (Å²) in [5.74, 6) is 0.0799. The van der Waals surface area contributed by atoms with Crippen LogP contribution < -0.4 is 0 Å². The van der Waals surface area contributed by atoms with Gasteiger partial charge in [-0.2, -0.15) is 5.10 Å². The summed E-state index contributed by atoms with van der Waals surface area (Å²) in [7, 11) is -3.10. The van der Waals surface area contributed by atoms with E-state index in [9.17, 15) is 13.2 Å². The Labute approximate surface area is 191 Å². The summed E-state index contributed by atoms with van der Waals surface area (Å²) in [6.07, 6.45) is 2.35. The number of benzene rings is 1. The summed E-state index contributed by atoms with van der Waals surface area (Å²) in [5, 5.41) is 5.65. The van der Waals surface area contributed by atoms with Crippen LogP contribution in [0.25, 0.3) is 10.2 Å². The van der Waals surface area contributed by atoms with Crippen molar-refractivity contribution >= 4 is 37.3 Å². The molecule has 170 valence electrons. The first-order valence-corrected chi connectivity index (χ1v) is 13.7. The normalized spacial score (nSPS) is 22.5. The highest BCUT2D eigenvalue weighted by molar-refractivity contribution is 7.91. The van der Waals surface area contributed by atoms with Crippen LogP contribution in [0.5, 0.6) is 0 Å². The minimum atomic E-state index is -3.10. The SMILES string of the molecule is Cc1nn(Cc2ccccc2)c2sc(C(=O)N(C[C@@H]3CCCO3)[C@H]3CCS(=O)(=O)C3)cc12. The summed E-state index contributed by atoms with van der Waals surface area (Å²) >= 11 is 1.44. The summed E-state index contributed by atoms with van der Waals surface area (Å²) in [4.78, 5) is 17.0. The van der Waals surface area contributed by atoms with Gasteiger partial charge in [0.2, 0.25) is 0 Å². The van der Waals surface area contributed by atoms with Crippen molar-refractivity contribution in [1.29, 1.82) is 0 Å². The molecule has 2 aliphatic heterocycles. The zero-order valence-electron chi connectivity index (χ0n) is 18.1. The maximum Gasteiger partial charge on any atom is 0.264 e. The number of ether oxygens (including phenoxy) is 1. The Kier molecular flexibility index (Phi) is 5.81. The lowest BCUT2D eigenvalue weighted by Gasteiger charge is -2.30. The Bertz CT molecular complexity index is 1230. The smallest absolute Gasteiger partial charge is 0.264 e. The minimum Gasteiger partial charge on any atom is -0.376 e. The summed E-state index contributed by atoms with van der Waals surface area (Å²) in [6.45, 7) is 3.74. The van der Waals surface area contributed by atoms with E-state index in [-0.39, 0.29) is 29.6 Å². The predicted octanol–water partition coefficient (Wildman–Crippen LogP) is 3.26. The van der Waals surface area contributed by atoms with Crippen LogP contribution in [0.1, 0.15) is 40.2 Å². The molecule has 2 saturated heterocycles. The van der Waals surface area contributed by atoms with Gasteiger partial charge in [0.25, 0.3) is 5.91 Å². The van der Waals surface area contributed by atoms with Gasteiger partial charge in [0.05, 0.1) is 34.7 Å². The maximum absolute atomic E-state index is 13.6. The number of fused-ring (bicyclic) bond motifs is 1. The highest BCUT2D eigenvalue weighted by atomic mass is 32.2. The van der Waals surface area contributed by atoms with Crippen LogP contribution in [0.2, 0.25) is 0 Å². The van der Waals surface area contributed by atoms with Crippen LogP contribution in [0.3, 0.4) is 0 Å². The molecule has 1 amide bonds. The first-order valence-electron chi connectivity index (χ1n) is 11.0. The molecular weight excluding hydrogens is 446 g/mol. The van der Waals surface area contributed by atoms with Gasteiger partial charge in [0, 0.05) is 24.6 Å². The van der Waals surface area contributed by atoms with Crippen LogP contribution in [0.4, 0.5) is 0 Å². The van der Waals surface area contributed by atoms with E-state index in [0.29, 0.717) is 31.0 Å². The fraction of sp³-hybridized carbons (Fsp3) is 0.478. The highest BCUT2D eigenvalue weighted by Crippen LogP contribution is 2.31. The molecule has 2 aliphatic rings. The molecule has 32 heavy (non-hydrogen) atoms. The van der Waals surface area contributed by atoms with Crippen molar-refractivity contribution in [2.24, 2.45) is 0 Å². The molecule has 7 nitrogen and oxygen atoms in total. The third kappa shape index (κ3) is 4.33. The van der Waals surface area contributed by atoms with Crippen molar-refractivity contribution in [3.8, 4) is 0 Å². The van der Waals surface area contributed by atoms with E-state index in [1.54, 1.807) is 4.90 Å². The molecule has 5 rings (SSSR count). The molecule has 0 unspecified atom stereocenters. The molecule has 9 heteroatoms. The Hall–Kier alpha value is -2.23. The van der Waals surface area contributed by atoms with E-state index in [4.69, 9.17) is 4.74 Å². The summed E-state index contributed by atoms with van der Waals surface area (Å²) < 4.78 is 32.0. The van der Waals surface area contributed by atoms with Crippen molar-refractivity contribution in [3.63, 3.8) is 0 Å². The average Bonchev–Trinajstić information content (AvgIpc) is 3.54. The van der Waals surface area contributed by atoms with E-state index in [2.05, 4.69) is 17.2 Å². The topological polar surface area (TPSA) is 81.5 Å². The number of nitrogens with zero attached hydrogens (tertiary/aromatic N) is 3. The third-order valence-electron chi connectivity index (χ3n) is 6.33. The highest BCUT2D eigenvalue weighted by Gasteiger charge is 2.37. The number of rotatable bonds is 6.